The smallest absolute Gasteiger partial charge is 0.261 e. The molecule has 1 unspecified atom stereocenters. The quantitative estimate of drug-likeness (QED) is 0.898. The van der Waals surface area contributed by atoms with Crippen molar-refractivity contribution in [1.82, 2.24) is 5.32 Å². The maximum Gasteiger partial charge on any atom is 0.261 e. The summed E-state index contributed by atoms with van der Waals surface area (Å²) < 4.78 is 5.72. The minimum absolute atomic E-state index is 0.164. The summed E-state index contributed by atoms with van der Waals surface area (Å²) in [4.78, 5) is 12.0. The van der Waals surface area contributed by atoms with Gasteiger partial charge in [0.05, 0.1) is 0 Å². The molecule has 2 atom stereocenters. The van der Waals surface area contributed by atoms with Gasteiger partial charge in [-0.3, -0.25) is 4.79 Å². The number of nitrogens with one attached hydrogen (secondary N) is 1. The number of ether oxygens (including phenoxy) is 1. The standard InChI is InChI=1S/C15H23ClN2O2/c1-9(17)12-8-11(16)6-7-13(12)20-10(2)14(19)18-15(3,4)5/h6-10H,17H2,1-5H3,(H,18,19)/t9-,10?/m1/s1. The van der Waals surface area contributed by atoms with Crippen molar-refractivity contribution in [3.05, 3.63) is 28.8 Å². The maximum absolute atomic E-state index is 12.0. The van der Waals surface area contributed by atoms with Gasteiger partial charge in [-0.25, -0.2) is 0 Å². The largest absolute Gasteiger partial charge is 0.481 e. The molecule has 0 radical (unpaired) electrons. The number of hydrogen-bond donors (Lipinski definition) is 2. The Morgan fingerprint density at radius 3 is 2.45 bits per heavy atom. The summed E-state index contributed by atoms with van der Waals surface area (Å²) in [6.45, 7) is 9.33. The average Bonchev–Trinajstić information content (AvgIpc) is 2.28. The number of carbonyl (C=O) groups is 1. The van der Waals surface area contributed by atoms with E-state index in [4.69, 9.17) is 22.1 Å². The minimum atomic E-state index is -0.604. The van der Waals surface area contributed by atoms with Crippen LogP contribution in [-0.2, 0) is 4.79 Å². The van der Waals surface area contributed by atoms with Gasteiger partial charge in [-0.2, -0.15) is 0 Å². The molecule has 5 heteroatoms. The fraction of sp³-hybridized carbons (Fsp3) is 0.533. The van der Waals surface area contributed by atoms with Crippen LogP contribution < -0.4 is 15.8 Å². The molecule has 0 aliphatic carbocycles. The Balaban J connectivity index is 2.85. The third kappa shape index (κ3) is 5.02. The van der Waals surface area contributed by atoms with Crippen LogP contribution in [0.15, 0.2) is 18.2 Å². The molecule has 0 aromatic heterocycles. The van der Waals surface area contributed by atoms with Crippen molar-refractivity contribution in [2.24, 2.45) is 5.73 Å². The monoisotopic (exact) mass is 298 g/mol. The maximum atomic E-state index is 12.0. The predicted octanol–water partition coefficient (Wildman–Crippen LogP) is 3.04. The molecule has 0 saturated carbocycles. The van der Waals surface area contributed by atoms with E-state index in [0.717, 1.165) is 5.56 Å². The first-order valence-electron chi connectivity index (χ1n) is 6.64. The van der Waals surface area contributed by atoms with E-state index in [1.807, 2.05) is 27.7 Å². The second-order valence-electron chi connectivity index (χ2n) is 5.97. The average molecular weight is 299 g/mol. The van der Waals surface area contributed by atoms with Crippen molar-refractivity contribution >= 4 is 17.5 Å². The first-order chi connectivity index (χ1) is 9.10. The zero-order valence-corrected chi connectivity index (χ0v) is 13.4. The number of benzene rings is 1. The van der Waals surface area contributed by atoms with Crippen molar-refractivity contribution in [2.75, 3.05) is 0 Å². The van der Waals surface area contributed by atoms with Gasteiger partial charge in [0, 0.05) is 22.2 Å². The highest BCUT2D eigenvalue weighted by atomic mass is 35.5. The molecule has 0 saturated heterocycles. The van der Waals surface area contributed by atoms with Crippen LogP contribution in [0, 0.1) is 0 Å². The van der Waals surface area contributed by atoms with Crippen LogP contribution in [0.2, 0.25) is 5.02 Å². The second-order valence-corrected chi connectivity index (χ2v) is 6.41. The van der Waals surface area contributed by atoms with Gasteiger partial charge in [0.1, 0.15) is 5.75 Å². The molecule has 0 aliphatic rings. The third-order valence-electron chi connectivity index (χ3n) is 2.63. The highest BCUT2D eigenvalue weighted by molar-refractivity contribution is 6.30. The molecule has 0 fully saturated rings. The molecule has 0 aliphatic heterocycles. The Labute approximate surface area is 125 Å². The summed E-state index contributed by atoms with van der Waals surface area (Å²) in [5.41, 5.74) is 6.39. The van der Waals surface area contributed by atoms with Gasteiger partial charge in [0.25, 0.3) is 5.91 Å². The molecule has 1 aromatic carbocycles. The van der Waals surface area contributed by atoms with Crippen molar-refractivity contribution < 1.29 is 9.53 Å². The summed E-state index contributed by atoms with van der Waals surface area (Å²) >= 11 is 5.96. The lowest BCUT2D eigenvalue weighted by Crippen LogP contribution is -2.46. The normalized spacial score (nSPS) is 14.6. The van der Waals surface area contributed by atoms with Gasteiger partial charge in [0.2, 0.25) is 0 Å². The van der Waals surface area contributed by atoms with Gasteiger partial charge in [0.15, 0.2) is 6.10 Å². The Morgan fingerprint density at radius 1 is 1.35 bits per heavy atom. The number of nitrogens with two attached hydrogens (primary N) is 1. The number of hydrogen-bond acceptors (Lipinski definition) is 3. The molecule has 0 spiro atoms. The Hall–Kier alpha value is -1.26. The molecule has 112 valence electrons. The van der Waals surface area contributed by atoms with E-state index in [-0.39, 0.29) is 17.5 Å². The summed E-state index contributed by atoms with van der Waals surface area (Å²) in [5, 5.41) is 3.47. The van der Waals surface area contributed by atoms with Crippen LogP contribution in [0.1, 0.15) is 46.2 Å². The van der Waals surface area contributed by atoms with Gasteiger partial charge in [-0.1, -0.05) is 11.6 Å². The molecular weight excluding hydrogens is 276 g/mol. The van der Waals surface area contributed by atoms with Gasteiger partial charge in [-0.05, 0) is 52.8 Å². The highest BCUT2D eigenvalue weighted by Crippen LogP contribution is 2.28. The molecule has 1 rings (SSSR count). The Bertz CT molecular complexity index is 481. The summed E-state index contributed by atoms with van der Waals surface area (Å²) in [7, 11) is 0. The van der Waals surface area contributed by atoms with Gasteiger partial charge < -0.3 is 15.8 Å². The zero-order valence-electron chi connectivity index (χ0n) is 12.7. The van der Waals surface area contributed by atoms with Crippen LogP contribution in [0.25, 0.3) is 0 Å². The molecule has 3 N–H and O–H groups in total. The first kappa shape index (κ1) is 16.8. The number of halogens is 1. The summed E-state index contributed by atoms with van der Waals surface area (Å²) in [6.07, 6.45) is -0.604. The number of rotatable bonds is 4. The molecule has 4 nitrogen and oxygen atoms in total. The van der Waals surface area contributed by atoms with E-state index >= 15 is 0 Å². The molecular formula is C15H23ClN2O2. The highest BCUT2D eigenvalue weighted by Gasteiger charge is 2.21. The summed E-state index contributed by atoms with van der Waals surface area (Å²) in [5.74, 6) is 0.420. The van der Waals surface area contributed by atoms with Crippen molar-refractivity contribution in [1.29, 1.82) is 0 Å². The van der Waals surface area contributed by atoms with E-state index in [2.05, 4.69) is 5.32 Å². The lowest BCUT2D eigenvalue weighted by Gasteiger charge is -2.24. The zero-order chi connectivity index (χ0) is 15.5. The fourth-order valence-corrected chi connectivity index (χ4v) is 1.88. The Kier molecular flexibility index (Phi) is 5.42. The second kappa shape index (κ2) is 6.46. The molecule has 20 heavy (non-hydrogen) atoms. The Morgan fingerprint density at radius 2 is 1.95 bits per heavy atom. The van der Waals surface area contributed by atoms with Crippen LogP contribution in [0.4, 0.5) is 0 Å². The lowest BCUT2D eigenvalue weighted by molar-refractivity contribution is -0.128. The predicted molar refractivity (Wildman–Crippen MR) is 82.0 cm³/mol. The van der Waals surface area contributed by atoms with Crippen LogP contribution in [0.3, 0.4) is 0 Å². The molecule has 0 heterocycles. The third-order valence-corrected chi connectivity index (χ3v) is 2.87. The minimum Gasteiger partial charge on any atom is -0.481 e. The first-order valence-corrected chi connectivity index (χ1v) is 7.01. The van der Waals surface area contributed by atoms with Gasteiger partial charge in [-0.15, -0.1) is 0 Å². The topological polar surface area (TPSA) is 64.3 Å². The van der Waals surface area contributed by atoms with E-state index < -0.39 is 6.10 Å². The lowest BCUT2D eigenvalue weighted by atomic mass is 10.1. The van der Waals surface area contributed by atoms with Crippen LogP contribution >= 0.6 is 11.6 Å². The van der Waals surface area contributed by atoms with E-state index in [9.17, 15) is 4.79 Å². The van der Waals surface area contributed by atoms with Crippen molar-refractivity contribution in [2.45, 2.75) is 52.3 Å². The van der Waals surface area contributed by atoms with E-state index in [1.165, 1.54) is 0 Å². The SMILES string of the molecule is CC(Oc1ccc(Cl)cc1[C@@H](C)N)C(=O)NC(C)(C)C. The molecule has 1 amide bonds. The molecule has 0 bridgehead atoms. The van der Waals surface area contributed by atoms with E-state index in [0.29, 0.717) is 10.8 Å². The van der Waals surface area contributed by atoms with Crippen molar-refractivity contribution in [3.8, 4) is 5.75 Å². The fourth-order valence-electron chi connectivity index (χ4n) is 1.70. The van der Waals surface area contributed by atoms with Gasteiger partial charge >= 0.3 is 0 Å². The molecule has 1 aromatic rings. The van der Waals surface area contributed by atoms with E-state index in [1.54, 1.807) is 25.1 Å². The van der Waals surface area contributed by atoms with Crippen LogP contribution in [-0.4, -0.2) is 17.6 Å². The number of carbonyl (C=O) groups excluding carboxylic acids is 1. The van der Waals surface area contributed by atoms with Crippen molar-refractivity contribution in [3.63, 3.8) is 0 Å². The summed E-state index contributed by atoms with van der Waals surface area (Å²) in [6, 6.07) is 5.00. The van der Waals surface area contributed by atoms with Crippen LogP contribution in [0.5, 0.6) is 5.75 Å². The number of amides is 1.